The van der Waals surface area contributed by atoms with Crippen molar-refractivity contribution in [2.24, 2.45) is 0 Å². The molecular formula is C9H5ClF2N2O2S. The highest BCUT2D eigenvalue weighted by Gasteiger charge is 2.26. The SMILES string of the molecule is O=S(=O)(c1ccc(F)cc1F)c1[nH]ncc1Cl. The topological polar surface area (TPSA) is 62.8 Å². The van der Waals surface area contributed by atoms with Crippen LogP contribution in [0.4, 0.5) is 8.78 Å². The summed E-state index contributed by atoms with van der Waals surface area (Å²) in [5.41, 5.74) is 0. The van der Waals surface area contributed by atoms with Crippen LogP contribution >= 0.6 is 11.6 Å². The number of hydrogen-bond acceptors (Lipinski definition) is 3. The molecule has 4 nitrogen and oxygen atoms in total. The van der Waals surface area contributed by atoms with E-state index < -0.39 is 31.4 Å². The maximum Gasteiger partial charge on any atom is 0.227 e. The van der Waals surface area contributed by atoms with Gasteiger partial charge in [-0.15, -0.1) is 0 Å². The summed E-state index contributed by atoms with van der Waals surface area (Å²) in [5.74, 6) is -2.05. The van der Waals surface area contributed by atoms with Gasteiger partial charge in [0.25, 0.3) is 0 Å². The summed E-state index contributed by atoms with van der Waals surface area (Å²) in [4.78, 5) is -0.662. The average Bonchev–Trinajstić information content (AvgIpc) is 2.64. The Bertz CT molecular complexity index is 669. The first-order valence-corrected chi connectivity index (χ1v) is 6.18. The van der Waals surface area contributed by atoms with E-state index in [4.69, 9.17) is 11.6 Å². The van der Waals surface area contributed by atoms with Crippen molar-refractivity contribution in [1.29, 1.82) is 0 Å². The zero-order valence-corrected chi connectivity index (χ0v) is 9.69. The fourth-order valence-corrected chi connectivity index (χ4v) is 2.91. The normalized spacial score (nSPS) is 11.7. The third kappa shape index (κ3) is 2.03. The summed E-state index contributed by atoms with van der Waals surface area (Å²) in [6, 6.07) is 2.16. The van der Waals surface area contributed by atoms with Gasteiger partial charge in [0.1, 0.15) is 16.5 Å². The zero-order chi connectivity index (χ0) is 12.6. The van der Waals surface area contributed by atoms with Crippen molar-refractivity contribution in [3.8, 4) is 0 Å². The molecule has 1 heterocycles. The number of aromatic amines is 1. The van der Waals surface area contributed by atoms with Crippen LogP contribution in [0.1, 0.15) is 0 Å². The molecule has 0 amide bonds. The van der Waals surface area contributed by atoms with E-state index in [0.717, 1.165) is 18.3 Å². The predicted octanol–water partition coefficient (Wildman–Crippen LogP) is 2.17. The molecule has 90 valence electrons. The largest absolute Gasteiger partial charge is 0.266 e. The highest BCUT2D eigenvalue weighted by molar-refractivity contribution is 7.91. The minimum atomic E-state index is -4.17. The monoisotopic (exact) mass is 278 g/mol. The summed E-state index contributed by atoms with van der Waals surface area (Å²) in [5, 5.41) is 5.00. The molecule has 0 saturated heterocycles. The maximum atomic E-state index is 13.4. The van der Waals surface area contributed by atoms with Crippen LogP contribution < -0.4 is 0 Å². The summed E-state index contributed by atoms with van der Waals surface area (Å²) >= 11 is 5.59. The Labute approximate surface area is 100 Å². The fourth-order valence-electron chi connectivity index (χ4n) is 1.25. The molecule has 0 aliphatic heterocycles. The molecule has 1 N–H and O–H groups in total. The van der Waals surface area contributed by atoms with Crippen LogP contribution in [0.15, 0.2) is 34.3 Å². The second-order valence-corrected chi connectivity index (χ2v) is 5.39. The molecule has 17 heavy (non-hydrogen) atoms. The van der Waals surface area contributed by atoms with Crippen molar-refractivity contribution < 1.29 is 17.2 Å². The summed E-state index contributed by atoms with van der Waals surface area (Å²) in [6.07, 6.45) is 1.08. The van der Waals surface area contributed by atoms with Crippen LogP contribution in [-0.4, -0.2) is 18.6 Å². The lowest BCUT2D eigenvalue weighted by atomic mass is 10.3. The number of benzene rings is 1. The molecule has 0 aliphatic rings. The van der Waals surface area contributed by atoms with Gasteiger partial charge >= 0.3 is 0 Å². The zero-order valence-electron chi connectivity index (χ0n) is 8.12. The second kappa shape index (κ2) is 4.08. The van der Waals surface area contributed by atoms with Crippen molar-refractivity contribution in [2.45, 2.75) is 9.92 Å². The highest BCUT2D eigenvalue weighted by atomic mass is 35.5. The van der Waals surface area contributed by atoms with E-state index in [1.165, 1.54) is 0 Å². The third-order valence-corrected chi connectivity index (χ3v) is 4.17. The number of H-pyrrole nitrogens is 1. The Balaban J connectivity index is 2.65. The molecule has 0 fully saturated rings. The number of rotatable bonds is 2. The number of sulfone groups is 1. The van der Waals surface area contributed by atoms with E-state index in [1.54, 1.807) is 0 Å². The van der Waals surface area contributed by atoms with Crippen LogP contribution in [0.5, 0.6) is 0 Å². The first-order valence-electron chi connectivity index (χ1n) is 4.32. The standard InChI is InChI=1S/C9H5ClF2N2O2S/c10-6-4-13-14-9(6)17(15,16)8-2-1-5(11)3-7(8)12/h1-4H,(H,13,14). The number of nitrogens with zero attached hydrogens (tertiary/aromatic N) is 1. The van der Waals surface area contributed by atoms with Crippen molar-refractivity contribution >= 4 is 21.4 Å². The van der Waals surface area contributed by atoms with E-state index >= 15 is 0 Å². The maximum absolute atomic E-state index is 13.4. The van der Waals surface area contributed by atoms with Crippen molar-refractivity contribution in [3.63, 3.8) is 0 Å². The molecule has 0 spiro atoms. The first-order chi connectivity index (χ1) is 7.93. The fraction of sp³-hybridized carbons (Fsp3) is 0. The molecule has 1 aromatic carbocycles. The molecule has 8 heteroatoms. The van der Waals surface area contributed by atoms with Gasteiger partial charge in [0.2, 0.25) is 9.84 Å². The molecule has 2 rings (SSSR count). The Kier molecular flexibility index (Phi) is 2.88. The van der Waals surface area contributed by atoms with E-state index in [0.29, 0.717) is 6.07 Å². The lowest BCUT2D eigenvalue weighted by molar-refractivity contribution is 0.547. The van der Waals surface area contributed by atoms with Gasteiger partial charge in [-0.3, -0.25) is 5.10 Å². The average molecular weight is 279 g/mol. The van der Waals surface area contributed by atoms with Crippen LogP contribution in [0.2, 0.25) is 5.02 Å². The molecule has 0 atom stereocenters. The summed E-state index contributed by atoms with van der Waals surface area (Å²) in [7, 11) is -4.17. The van der Waals surface area contributed by atoms with Gasteiger partial charge < -0.3 is 0 Å². The van der Waals surface area contributed by atoms with Crippen LogP contribution in [0, 0.1) is 11.6 Å². The third-order valence-electron chi connectivity index (χ3n) is 2.01. The minimum Gasteiger partial charge on any atom is -0.266 e. The van der Waals surface area contributed by atoms with Gasteiger partial charge in [-0.2, -0.15) is 5.10 Å². The Morgan fingerprint density at radius 3 is 2.53 bits per heavy atom. The molecular weight excluding hydrogens is 274 g/mol. The lowest BCUT2D eigenvalue weighted by Crippen LogP contribution is -2.06. The highest BCUT2D eigenvalue weighted by Crippen LogP contribution is 2.27. The molecule has 0 saturated carbocycles. The van der Waals surface area contributed by atoms with Crippen LogP contribution in [0.25, 0.3) is 0 Å². The number of aromatic nitrogens is 2. The molecule has 1 aromatic heterocycles. The smallest absolute Gasteiger partial charge is 0.227 e. The van der Waals surface area contributed by atoms with E-state index in [-0.39, 0.29) is 5.02 Å². The Morgan fingerprint density at radius 1 is 1.29 bits per heavy atom. The van der Waals surface area contributed by atoms with E-state index in [1.807, 2.05) is 0 Å². The number of hydrogen-bond donors (Lipinski definition) is 1. The lowest BCUT2D eigenvalue weighted by Gasteiger charge is -2.03. The minimum absolute atomic E-state index is 0.159. The van der Waals surface area contributed by atoms with Gasteiger partial charge in [0.15, 0.2) is 5.03 Å². The summed E-state index contributed by atoms with van der Waals surface area (Å²) < 4.78 is 49.9. The molecule has 0 radical (unpaired) electrons. The van der Waals surface area contributed by atoms with Crippen molar-refractivity contribution in [3.05, 3.63) is 41.1 Å². The van der Waals surface area contributed by atoms with Crippen molar-refractivity contribution in [2.75, 3.05) is 0 Å². The van der Waals surface area contributed by atoms with Crippen molar-refractivity contribution in [1.82, 2.24) is 10.2 Å². The van der Waals surface area contributed by atoms with Gasteiger partial charge in [-0.25, -0.2) is 17.2 Å². The number of halogens is 3. The number of nitrogens with one attached hydrogen (secondary N) is 1. The first kappa shape index (κ1) is 12.0. The van der Waals surface area contributed by atoms with Gasteiger partial charge in [-0.1, -0.05) is 11.6 Å². The molecule has 0 unspecified atom stereocenters. The Hall–Kier alpha value is -1.47. The Morgan fingerprint density at radius 2 is 2.00 bits per heavy atom. The molecule has 2 aromatic rings. The predicted molar refractivity (Wildman–Crippen MR) is 55.4 cm³/mol. The van der Waals surface area contributed by atoms with E-state index in [2.05, 4.69) is 10.2 Å². The van der Waals surface area contributed by atoms with Crippen LogP contribution in [0.3, 0.4) is 0 Å². The van der Waals surface area contributed by atoms with Gasteiger partial charge in [-0.05, 0) is 12.1 Å². The van der Waals surface area contributed by atoms with Gasteiger partial charge in [0, 0.05) is 6.07 Å². The molecule has 0 bridgehead atoms. The molecule has 0 aliphatic carbocycles. The summed E-state index contributed by atoms with van der Waals surface area (Å²) in [6.45, 7) is 0. The van der Waals surface area contributed by atoms with Gasteiger partial charge in [0.05, 0.1) is 11.2 Å². The van der Waals surface area contributed by atoms with Crippen LogP contribution in [-0.2, 0) is 9.84 Å². The second-order valence-electron chi connectivity index (χ2n) is 3.13. The quantitative estimate of drug-likeness (QED) is 0.857. The van der Waals surface area contributed by atoms with E-state index in [9.17, 15) is 17.2 Å².